The van der Waals surface area contributed by atoms with Crippen LogP contribution >= 0.6 is 0 Å². The molecule has 1 spiro atoms. The zero-order valence-electron chi connectivity index (χ0n) is 33.5. The summed E-state index contributed by atoms with van der Waals surface area (Å²) in [6.45, 7) is 0. The summed E-state index contributed by atoms with van der Waals surface area (Å²) in [6.07, 6.45) is 3.72. The van der Waals surface area contributed by atoms with Crippen LogP contribution < -0.4 is 0 Å². The van der Waals surface area contributed by atoms with Crippen molar-refractivity contribution in [2.75, 3.05) is 0 Å². The van der Waals surface area contributed by atoms with E-state index in [1.807, 2.05) is 12.4 Å². The first-order chi connectivity index (χ1) is 30.8. The van der Waals surface area contributed by atoms with Gasteiger partial charge in [0.1, 0.15) is 0 Å². The lowest BCUT2D eigenvalue weighted by atomic mass is 9.72. The molecule has 1 atom stereocenters. The van der Waals surface area contributed by atoms with Crippen molar-refractivity contribution in [3.63, 3.8) is 0 Å². The van der Waals surface area contributed by atoms with E-state index in [2.05, 4.69) is 205 Å². The Morgan fingerprint density at radius 3 is 1.73 bits per heavy atom. The smallest absolute Gasteiger partial charge is 0.0937 e. The highest BCUT2D eigenvalue weighted by molar-refractivity contribution is 6.22. The molecule has 14 rings (SSSR count). The summed E-state index contributed by atoms with van der Waals surface area (Å²) < 4.78 is 2.43. The lowest BCUT2D eigenvalue weighted by Gasteiger charge is -2.29. The summed E-state index contributed by atoms with van der Waals surface area (Å²) in [4.78, 5) is 10.4. The van der Waals surface area contributed by atoms with Crippen LogP contribution in [0.15, 0.2) is 213 Å². The second-order valence-electron chi connectivity index (χ2n) is 16.8. The Hall–Kier alpha value is -8.14. The quantitative estimate of drug-likeness (QED) is 0.167. The molecule has 0 bridgehead atoms. The van der Waals surface area contributed by atoms with Gasteiger partial charge in [0.25, 0.3) is 0 Å². The molecule has 0 radical (unpaired) electrons. The van der Waals surface area contributed by atoms with Gasteiger partial charge in [-0.25, -0.2) is 0 Å². The molecular formula is C59H35N3. The average Bonchev–Trinajstić information content (AvgIpc) is 3.93. The zero-order chi connectivity index (χ0) is 40.5. The molecule has 10 aromatic carbocycles. The number of benzene rings is 10. The molecule has 2 heterocycles. The fourth-order valence-electron chi connectivity index (χ4n) is 11.4. The van der Waals surface area contributed by atoms with Gasteiger partial charge < -0.3 is 4.57 Å². The number of hydrogen-bond acceptors (Lipinski definition) is 2. The maximum absolute atomic E-state index is 5.31. The van der Waals surface area contributed by atoms with Crippen molar-refractivity contribution in [3.05, 3.63) is 235 Å². The molecule has 62 heavy (non-hydrogen) atoms. The normalized spacial score (nSPS) is 14.8. The fourth-order valence-corrected chi connectivity index (χ4v) is 11.4. The highest BCUT2D eigenvalue weighted by atomic mass is 15.0. The first-order valence-corrected chi connectivity index (χ1v) is 21.4. The van der Waals surface area contributed by atoms with Crippen LogP contribution in [0, 0.1) is 0 Å². The zero-order valence-corrected chi connectivity index (χ0v) is 33.5. The average molecular weight is 786 g/mol. The highest BCUT2D eigenvalue weighted by Crippen LogP contribution is 2.63. The summed E-state index contributed by atoms with van der Waals surface area (Å²) >= 11 is 0. The number of hydrogen-bond donors (Lipinski definition) is 0. The number of rotatable bonds is 3. The molecule has 3 nitrogen and oxygen atoms in total. The Morgan fingerprint density at radius 2 is 0.952 bits per heavy atom. The lowest BCUT2D eigenvalue weighted by Crippen LogP contribution is -2.27. The maximum atomic E-state index is 5.31. The van der Waals surface area contributed by atoms with E-state index in [0.29, 0.717) is 0 Å². The van der Waals surface area contributed by atoms with Crippen LogP contribution in [-0.4, -0.2) is 14.5 Å². The summed E-state index contributed by atoms with van der Waals surface area (Å²) in [5.41, 5.74) is 17.0. The Kier molecular flexibility index (Phi) is 6.76. The minimum absolute atomic E-state index is 0.691. The molecular weight excluding hydrogens is 751 g/mol. The number of aromatic nitrogens is 3. The van der Waals surface area contributed by atoms with Crippen molar-refractivity contribution < 1.29 is 0 Å². The van der Waals surface area contributed by atoms with E-state index in [1.54, 1.807) is 0 Å². The minimum Gasteiger partial charge on any atom is -0.309 e. The fraction of sp³-hybridized carbons (Fsp3) is 0.0169. The largest absolute Gasteiger partial charge is 0.309 e. The van der Waals surface area contributed by atoms with Gasteiger partial charge in [-0.1, -0.05) is 158 Å². The molecule has 286 valence electrons. The van der Waals surface area contributed by atoms with Gasteiger partial charge in [0.2, 0.25) is 0 Å². The van der Waals surface area contributed by atoms with Crippen LogP contribution in [-0.2, 0) is 5.41 Å². The summed E-state index contributed by atoms with van der Waals surface area (Å²) in [6, 6.07) is 74.1. The van der Waals surface area contributed by atoms with Crippen LogP contribution in [0.4, 0.5) is 0 Å². The summed E-state index contributed by atoms with van der Waals surface area (Å²) in [5.74, 6) is 0. The van der Waals surface area contributed by atoms with Crippen molar-refractivity contribution in [2.45, 2.75) is 5.41 Å². The molecule has 0 fully saturated rings. The topological polar surface area (TPSA) is 30.7 Å². The Balaban J connectivity index is 1.08. The van der Waals surface area contributed by atoms with Crippen molar-refractivity contribution in [3.8, 4) is 50.3 Å². The van der Waals surface area contributed by atoms with Crippen LogP contribution in [0.25, 0.3) is 104 Å². The molecule has 0 amide bonds. The SMILES string of the molecule is c1ccc(-n2c3ccccc3c3cc4c(cc32)C2(c3ccccc3-4)c3cc(-c4c5ccccc5c(-c5ccc6ccccc6c5)c5ccccc45)ccc3-c3nccnc32)cc1. The van der Waals surface area contributed by atoms with Gasteiger partial charge in [-0.3, -0.25) is 9.97 Å². The van der Waals surface area contributed by atoms with Crippen molar-refractivity contribution in [2.24, 2.45) is 0 Å². The van der Waals surface area contributed by atoms with Gasteiger partial charge >= 0.3 is 0 Å². The molecule has 0 saturated heterocycles. The standard InChI is InChI=1S/C59H35N3/c1-2-16-40(17-3-1)62-53-25-13-11-19-42(53)49-34-48-41-18-10-12-24-50(41)59(52(48)35-54(49)62)51-33-39(28-29-47(51)57-58(59)61-31-30-60-57)56-45-22-8-6-20-43(45)55(44-21-7-9-23-46(44)56)38-27-26-36-14-4-5-15-37(36)32-38/h1-35H. The molecule has 0 saturated carbocycles. The van der Waals surface area contributed by atoms with E-state index in [4.69, 9.17) is 9.97 Å². The Morgan fingerprint density at radius 1 is 0.355 bits per heavy atom. The van der Waals surface area contributed by atoms with Gasteiger partial charge in [-0.2, -0.15) is 0 Å². The van der Waals surface area contributed by atoms with Gasteiger partial charge in [0, 0.05) is 34.4 Å². The van der Waals surface area contributed by atoms with Crippen LogP contribution in [0.5, 0.6) is 0 Å². The molecule has 0 aliphatic heterocycles. The molecule has 12 aromatic rings. The number of fused-ring (bicyclic) bond motifs is 16. The van der Waals surface area contributed by atoms with Gasteiger partial charge in [-0.15, -0.1) is 0 Å². The second kappa shape index (κ2) is 12.4. The first-order valence-electron chi connectivity index (χ1n) is 21.4. The molecule has 1 unspecified atom stereocenters. The lowest BCUT2D eigenvalue weighted by molar-refractivity contribution is 0.757. The van der Waals surface area contributed by atoms with Gasteiger partial charge in [0.15, 0.2) is 0 Å². The minimum atomic E-state index is -0.691. The molecule has 2 aromatic heterocycles. The molecule has 3 heteroatoms. The highest BCUT2D eigenvalue weighted by Gasteiger charge is 2.54. The van der Waals surface area contributed by atoms with Crippen molar-refractivity contribution >= 4 is 54.1 Å². The monoisotopic (exact) mass is 785 g/mol. The third kappa shape index (κ3) is 4.34. The van der Waals surface area contributed by atoms with Gasteiger partial charge in [-0.05, 0) is 125 Å². The second-order valence-corrected chi connectivity index (χ2v) is 16.8. The van der Waals surface area contributed by atoms with Crippen LogP contribution in [0.2, 0.25) is 0 Å². The van der Waals surface area contributed by atoms with E-state index >= 15 is 0 Å². The number of para-hydroxylation sites is 2. The van der Waals surface area contributed by atoms with E-state index in [1.165, 1.54) is 104 Å². The molecule has 0 N–H and O–H groups in total. The van der Waals surface area contributed by atoms with Gasteiger partial charge in [0.05, 0.1) is 27.8 Å². The van der Waals surface area contributed by atoms with Crippen molar-refractivity contribution in [1.82, 2.24) is 14.5 Å². The Labute approximate surface area is 357 Å². The third-order valence-electron chi connectivity index (χ3n) is 13.8. The third-order valence-corrected chi connectivity index (χ3v) is 13.8. The first kappa shape index (κ1) is 33.7. The molecule has 2 aliphatic carbocycles. The van der Waals surface area contributed by atoms with E-state index in [-0.39, 0.29) is 0 Å². The summed E-state index contributed by atoms with van der Waals surface area (Å²) in [7, 11) is 0. The summed E-state index contributed by atoms with van der Waals surface area (Å²) in [5, 5.41) is 9.92. The number of nitrogens with zero attached hydrogens (tertiary/aromatic N) is 3. The molecule has 2 aliphatic rings. The predicted molar refractivity (Wildman–Crippen MR) is 256 cm³/mol. The van der Waals surface area contributed by atoms with E-state index < -0.39 is 5.41 Å². The van der Waals surface area contributed by atoms with E-state index in [9.17, 15) is 0 Å². The maximum Gasteiger partial charge on any atom is 0.0937 e. The Bertz CT molecular complexity index is 3820. The van der Waals surface area contributed by atoms with Crippen molar-refractivity contribution in [1.29, 1.82) is 0 Å². The predicted octanol–water partition coefficient (Wildman–Crippen LogP) is 14.7. The van der Waals surface area contributed by atoms with E-state index in [0.717, 1.165) is 22.6 Å². The van der Waals surface area contributed by atoms with Crippen LogP contribution in [0.3, 0.4) is 0 Å². The van der Waals surface area contributed by atoms with Crippen LogP contribution in [0.1, 0.15) is 22.4 Å².